The Bertz CT molecular complexity index is 419. The number of rotatable bonds is 4. The Hall–Kier alpha value is 0.01000. The highest BCUT2D eigenvalue weighted by Crippen LogP contribution is 2.54. The molecule has 0 aromatic rings. The van der Waals surface area contributed by atoms with Crippen LogP contribution in [0.2, 0.25) is 0 Å². The van der Waals surface area contributed by atoms with E-state index in [1.807, 2.05) is 0 Å². The van der Waals surface area contributed by atoms with Gasteiger partial charge in [0, 0.05) is 17.8 Å². The molecule has 112 valence electrons. The summed E-state index contributed by atoms with van der Waals surface area (Å²) < 4.78 is 0. The molecule has 3 heteroatoms. The molecule has 0 radical (unpaired) electrons. The Morgan fingerprint density at radius 3 is 2.55 bits per heavy atom. The summed E-state index contributed by atoms with van der Waals surface area (Å²) in [5.41, 5.74) is 12.8. The van der Waals surface area contributed by atoms with Crippen molar-refractivity contribution in [1.82, 2.24) is 0 Å². The van der Waals surface area contributed by atoms with E-state index >= 15 is 0 Å². The lowest BCUT2D eigenvalue weighted by atomic mass is 9.86. The van der Waals surface area contributed by atoms with Gasteiger partial charge >= 0.3 is 0 Å². The molecule has 4 bridgehead atoms. The molecular weight excluding hydrogens is 264 g/mol. The second-order valence-corrected chi connectivity index (χ2v) is 8.70. The van der Waals surface area contributed by atoms with E-state index in [9.17, 15) is 0 Å². The van der Waals surface area contributed by atoms with Crippen molar-refractivity contribution in [2.24, 2.45) is 47.0 Å². The third kappa shape index (κ3) is 1.93. The van der Waals surface area contributed by atoms with Gasteiger partial charge in [0.05, 0.1) is 0 Å². The minimum atomic E-state index is 0.430. The molecule has 0 aromatic carbocycles. The lowest BCUT2D eigenvalue weighted by Gasteiger charge is -2.31. The third-order valence-electron chi connectivity index (χ3n) is 6.85. The monoisotopic (exact) mass is 292 g/mol. The van der Waals surface area contributed by atoms with Gasteiger partial charge in [0.2, 0.25) is 0 Å². The molecule has 3 saturated carbocycles. The van der Waals surface area contributed by atoms with E-state index in [4.69, 9.17) is 11.5 Å². The molecule has 0 aromatic heterocycles. The van der Waals surface area contributed by atoms with Gasteiger partial charge in [0.15, 0.2) is 0 Å². The first-order chi connectivity index (χ1) is 9.69. The molecule has 4 aliphatic carbocycles. The summed E-state index contributed by atoms with van der Waals surface area (Å²) in [6.07, 6.45) is 9.33. The zero-order valence-corrected chi connectivity index (χ0v) is 13.3. The summed E-state index contributed by atoms with van der Waals surface area (Å²) in [6, 6.07) is 0.920. The van der Waals surface area contributed by atoms with E-state index in [-0.39, 0.29) is 0 Å². The molecule has 0 saturated heterocycles. The molecule has 8 atom stereocenters. The first kappa shape index (κ1) is 13.7. The fraction of sp³-hybridized carbons (Fsp3) is 0.882. The van der Waals surface area contributed by atoms with E-state index in [2.05, 4.69) is 24.8 Å². The fourth-order valence-electron chi connectivity index (χ4n) is 5.66. The van der Waals surface area contributed by atoms with Crippen molar-refractivity contribution in [3.8, 4) is 0 Å². The zero-order valence-electron chi connectivity index (χ0n) is 12.5. The van der Waals surface area contributed by atoms with Crippen molar-refractivity contribution in [1.29, 1.82) is 0 Å². The van der Waals surface area contributed by atoms with E-state index < -0.39 is 0 Å². The maximum absolute atomic E-state index is 6.45. The van der Waals surface area contributed by atoms with Crippen LogP contribution in [0, 0.1) is 35.5 Å². The lowest BCUT2D eigenvalue weighted by molar-refractivity contribution is 0.316. The number of allylic oxidation sites excluding steroid dienone is 1. The van der Waals surface area contributed by atoms with Gasteiger partial charge in [-0.05, 0) is 66.1 Å². The Morgan fingerprint density at radius 2 is 1.90 bits per heavy atom. The van der Waals surface area contributed by atoms with Crippen LogP contribution in [-0.2, 0) is 0 Å². The molecule has 0 heterocycles. The molecule has 4 N–H and O–H groups in total. The maximum Gasteiger partial charge on any atom is 0.0137 e. The normalized spacial score (nSPS) is 52.9. The van der Waals surface area contributed by atoms with Gasteiger partial charge in [0.25, 0.3) is 0 Å². The van der Waals surface area contributed by atoms with Gasteiger partial charge in [-0.3, -0.25) is 0 Å². The van der Waals surface area contributed by atoms with E-state index in [1.54, 1.807) is 4.91 Å². The Labute approximate surface area is 127 Å². The Balaban J connectivity index is 1.39. The van der Waals surface area contributed by atoms with Crippen LogP contribution >= 0.6 is 11.8 Å². The summed E-state index contributed by atoms with van der Waals surface area (Å²) in [7, 11) is 0. The highest BCUT2D eigenvalue weighted by Gasteiger charge is 2.48. The maximum atomic E-state index is 6.45. The summed E-state index contributed by atoms with van der Waals surface area (Å²) in [4.78, 5) is 1.67. The first-order valence-corrected chi connectivity index (χ1v) is 9.53. The highest BCUT2D eigenvalue weighted by molar-refractivity contribution is 8.03. The highest BCUT2D eigenvalue weighted by atomic mass is 32.2. The van der Waals surface area contributed by atoms with Crippen LogP contribution in [0.25, 0.3) is 0 Å². The molecule has 2 unspecified atom stereocenters. The van der Waals surface area contributed by atoms with Crippen LogP contribution < -0.4 is 11.5 Å². The van der Waals surface area contributed by atoms with Crippen molar-refractivity contribution in [3.63, 3.8) is 0 Å². The Morgan fingerprint density at radius 1 is 1.10 bits per heavy atom. The SMILES string of the molecule is CC[C@@H]1[C@H](N)[C@H]2C=C(SCC3C(N)[C@H]4CC[C@@H]3C4)[C@@H]1C2. The van der Waals surface area contributed by atoms with Crippen LogP contribution in [0.15, 0.2) is 11.0 Å². The van der Waals surface area contributed by atoms with Crippen LogP contribution in [0.5, 0.6) is 0 Å². The summed E-state index contributed by atoms with van der Waals surface area (Å²) in [5.74, 6) is 6.01. The predicted octanol–water partition coefficient (Wildman–Crippen LogP) is 2.98. The fourth-order valence-corrected chi connectivity index (χ4v) is 7.29. The van der Waals surface area contributed by atoms with Crippen molar-refractivity contribution >= 4 is 11.8 Å². The van der Waals surface area contributed by atoms with Crippen LogP contribution in [0.3, 0.4) is 0 Å². The standard InChI is InChI=1S/C17H28N2S/c1-2-12-13-6-11(17(12)19)7-15(13)20-8-14-9-3-4-10(5-9)16(14)18/h7,9-14,16-17H,2-6,8,18-19H2,1H3/t9-,10+,11-,12+,13-,14?,16?,17-/m1/s1. The quantitative estimate of drug-likeness (QED) is 0.837. The average molecular weight is 292 g/mol. The number of fused-ring (bicyclic) bond motifs is 4. The van der Waals surface area contributed by atoms with Crippen molar-refractivity contribution < 1.29 is 0 Å². The van der Waals surface area contributed by atoms with Crippen LogP contribution in [0.1, 0.15) is 39.0 Å². The van der Waals surface area contributed by atoms with E-state index in [0.29, 0.717) is 18.0 Å². The van der Waals surface area contributed by atoms with Crippen LogP contribution in [-0.4, -0.2) is 17.8 Å². The summed E-state index contributed by atoms with van der Waals surface area (Å²) in [5, 5.41) is 0. The number of thioether (sulfide) groups is 1. The smallest absolute Gasteiger partial charge is 0.0137 e. The second kappa shape index (κ2) is 5.03. The van der Waals surface area contributed by atoms with Crippen LogP contribution in [0.4, 0.5) is 0 Å². The van der Waals surface area contributed by atoms with Gasteiger partial charge in [-0.2, -0.15) is 0 Å². The predicted molar refractivity (Wildman–Crippen MR) is 86.2 cm³/mol. The lowest BCUT2D eigenvalue weighted by Crippen LogP contribution is -2.37. The largest absolute Gasteiger partial charge is 0.327 e. The summed E-state index contributed by atoms with van der Waals surface area (Å²) >= 11 is 2.13. The van der Waals surface area contributed by atoms with Gasteiger partial charge in [0.1, 0.15) is 0 Å². The molecule has 20 heavy (non-hydrogen) atoms. The topological polar surface area (TPSA) is 52.0 Å². The molecular formula is C17H28N2S. The summed E-state index contributed by atoms with van der Waals surface area (Å²) in [6.45, 7) is 2.30. The van der Waals surface area contributed by atoms with E-state index in [0.717, 1.165) is 29.6 Å². The molecule has 4 rings (SSSR count). The number of hydrogen-bond acceptors (Lipinski definition) is 3. The number of hydrogen-bond donors (Lipinski definition) is 2. The molecule has 0 amide bonds. The van der Waals surface area contributed by atoms with Gasteiger partial charge in [-0.1, -0.05) is 19.4 Å². The second-order valence-electron chi connectivity index (χ2n) is 7.61. The first-order valence-electron chi connectivity index (χ1n) is 8.54. The molecule has 3 fully saturated rings. The molecule has 0 aliphatic heterocycles. The average Bonchev–Trinajstić information content (AvgIpc) is 3.16. The van der Waals surface area contributed by atoms with Gasteiger partial charge < -0.3 is 11.5 Å². The van der Waals surface area contributed by atoms with Crippen molar-refractivity contribution in [3.05, 3.63) is 11.0 Å². The molecule has 4 aliphatic rings. The van der Waals surface area contributed by atoms with E-state index in [1.165, 1.54) is 37.9 Å². The Kier molecular flexibility index (Phi) is 3.44. The van der Waals surface area contributed by atoms with Gasteiger partial charge in [-0.25, -0.2) is 0 Å². The zero-order chi connectivity index (χ0) is 13.9. The van der Waals surface area contributed by atoms with Crippen molar-refractivity contribution in [2.45, 2.75) is 51.1 Å². The minimum absolute atomic E-state index is 0.430. The molecule has 0 spiro atoms. The minimum Gasteiger partial charge on any atom is -0.327 e. The number of nitrogens with two attached hydrogens (primary N) is 2. The third-order valence-corrected chi connectivity index (χ3v) is 8.17. The molecule has 2 nitrogen and oxygen atoms in total. The van der Waals surface area contributed by atoms with Crippen molar-refractivity contribution in [2.75, 3.05) is 5.75 Å². The van der Waals surface area contributed by atoms with Gasteiger partial charge in [-0.15, -0.1) is 11.8 Å².